The quantitative estimate of drug-likeness (QED) is 0.747. The molecule has 1 amide bonds. The first-order valence-corrected chi connectivity index (χ1v) is 12.4. The molecule has 1 atom stereocenters. The third-order valence-electron chi connectivity index (χ3n) is 6.08. The Morgan fingerprint density at radius 3 is 2.55 bits per heavy atom. The van der Waals surface area contributed by atoms with Gasteiger partial charge in [0.15, 0.2) is 0 Å². The first-order chi connectivity index (χ1) is 14.5. The van der Waals surface area contributed by atoms with E-state index in [-0.39, 0.29) is 17.3 Å². The Labute approximate surface area is 182 Å². The number of hydrogen-bond donors (Lipinski definition) is 2. The van der Waals surface area contributed by atoms with Gasteiger partial charge in [0.25, 0.3) is 5.91 Å². The number of benzene rings is 2. The zero-order valence-electron chi connectivity index (χ0n) is 18.0. The minimum atomic E-state index is -3.63. The van der Waals surface area contributed by atoms with E-state index < -0.39 is 15.9 Å². The van der Waals surface area contributed by atoms with Crippen LogP contribution in [-0.2, 0) is 16.4 Å². The van der Waals surface area contributed by atoms with Gasteiger partial charge in [0, 0.05) is 30.0 Å². The van der Waals surface area contributed by atoms with Crippen molar-refractivity contribution in [3.63, 3.8) is 0 Å². The summed E-state index contributed by atoms with van der Waals surface area (Å²) in [6, 6.07) is 10.3. The van der Waals surface area contributed by atoms with Crippen LogP contribution in [-0.4, -0.2) is 33.7 Å². The summed E-state index contributed by atoms with van der Waals surface area (Å²) in [7, 11) is -3.63. The van der Waals surface area contributed by atoms with Crippen LogP contribution in [0.1, 0.15) is 54.2 Å². The van der Waals surface area contributed by atoms with Crippen LogP contribution in [0.5, 0.6) is 0 Å². The van der Waals surface area contributed by atoms with Crippen LogP contribution < -0.4 is 14.9 Å². The van der Waals surface area contributed by atoms with Crippen molar-refractivity contribution in [3.05, 3.63) is 58.9 Å². The highest BCUT2D eigenvalue weighted by Crippen LogP contribution is 2.45. The summed E-state index contributed by atoms with van der Waals surface area (Å²) in [5.74, 6) is -0.888. The van der Waals surface area contributed by atoms with Crippen molar-refractivity contribution in [1.29, 1.82) is 0 Å². The van der Waals surface area contributed by atoms with Gasteiger partial charge in [-0.25, -0.2) is 17.5 Å². The van der Waals surface area contributed by atoms with Gasteiger partial charge in [0.2, 0.25) is 10.0 Å². The van der Waals surface area contributed by atoms with Gasteiger partial charge in [-0.05, 0) is 72.2 Å². The van der Waals surface area contributed by atoms with E-state index in [2.05, 4.69) is 30.1 Å². The molecule has 31 heavy (non-hydrogen) atoms. The van der Waals surface area contributed by atoms with Crippen LogP contribution in [0.25, 0.3) is 0 Å². The number of anilines is 2. The molecule has 0 aromatic heterocycles. The molecule has 1 fully saturated rings. The summed E-state index contributed by atoms with van der Waals surface area (Å²) in [6.07, 6.45) is 3.87. The van der Waals surface area contributed by atoms with Gasteiger partial charge >= 0.3 is 0 Å². The summed E-state index contributed by atoms with van der Waals surface area (Å²) < 4.78 is 39.3. The van der Waals surface area contributed by atoms with Gasteiger partial charge in [-0.2, -0.15) is 0 Å². The first-order valence-electron chi connectivity index (χ1n) is 10.5. The van der Waals surface area contributed by atoms with E-state index in [1.54, 1.807) is 30.3 Å². The van der Waals surface area contributed by atoms with Crippen molar-refractivity contribution in [1.82, 2.24) is 4.72 Å². The minimum absolute atomic E-state index is 0.104. The second-order valence-corrected chi connectivity index (χ2v) is 11.0. The molecule has 2 aromatic rings. The molecule has 0 aliphatic carbocycles. The van der Waals surface area contributed by atoms with E-state index >= 15 is 0 Å². The standard InChI is InChI=1S/C23H28FN3O3S/c1-23(2)14-17-10-15(22(28)26-31(3,29)30)6-7-20(17)25-21(23)16-11-18(24)13-19(12-16)27-8-4-5-9-27/h6-7,10-13,21,25H,4-5,8-9,14H2,1-3H3,(H,26,28). The zero-order chi connectivity index (χ0) is 22.4. The first kappa shape index (κ1) is 21.6. The average molecular weight is 446 g/mol. The van der Waals surface area contributed by atoms with Gasteiger partial charge in [0.1, 0.15) is 5.82 Å². The normalized spacial score (nSPS) is 20.1. The summed E-state index contributed by atoms with van der Waals surface area (Å²) in [6.45, 7) is 6.12. The summed E-state index contributed by atoms with van der Waals surface area (Å²) >= 11 is 0. The number of carbonyl (C=O) groups is 1. The largest absolute Gasteiger partial charge is 0.377 e. The highest BCUT2D eigenvalue weighted by Gasteiger charge is 2.37. The monoisotopic (exact) mass is 445 g/mol. The van der Waals surface area contributed by atoms with Gasteiger partial charge in [-0.3, -0.25) is 4.79 Å². The lowest BCUT2D eigenvalue weighted by Crippen LogP contribution is -2.35. The number of amides is 1. The fourth-order valence-corrected chi connectivity index (χ4v) is 5.10. The second-order valence-electron chi connectivity index (χ2n) is 9.25. The molecule has 2 N–H and O–H groups in total. The van der Waals surface area contributed by atoms with E-state index in [4.69, 9.17) is 0 Å². The smallest absolute Gasteiger partial charge is 0.264 e. The van der Waals surface area contributed by atoms with Crippen LogP contribution in [0.3, 0.4) is 0 Å². The molecule has 2 aliphatic rings. The third kappa shape index (κ3) is 4.69. The SMILES string of the molecule is CC1(C)Cc2cc(C(=O)NS(C)(=O)=O)ccc2NC1c1cc(F)cc(N2CCCC2)c1. The fraction of sp³-hybridized carbons (Fsp3) is 0.435. The molecule has 2 heterocycles. The Hall–Kier alpha value is -2.61. The van der Waals surface area contributed by atoms with Crippen molar-refractivity contribution in [2.75, 3.05) is 29.6 Å². The molecule has 0 bridgehead atoms. The number of halogens is 1. The average Bonchev–Trinajstić information content (AvgIpc) is 3.19. The number of sulfonamides is 1. The molecule has 0 spiro atoms. The lowest BCUT2D eigenvalue weighted by Gasteiger charge is -2.41. The molecule has 0 saturated carbocycles. The Kier molecular flexibility index (Phi) is 5.45. The molecule has 0 radical (unpaired) electrons. The van der Waals surface area contributed by atoms with Crippen LogP contribution in [0.15, 0.2) is 36.4 Å². The fourth-order valence-electron chi connectivity index (χ4n) is 4.65. The Balaban J connectivity index is 1.64. The summed E-state index contributed by atoms with van der Waals surface area (Å²) in [5.41, 5.74) is 3.66. The topological polar surface area (TPSA) is 78.5 Å². The van der Waals surface area contributed by atoms with E-state index in [0.717, 1.165) is 54.7 Å². The summed E-state index contributed by atoms with van der Waals surface area (Å²) in [4.78, 5) is 14.5. The van der Waals surface area contributed by atoms with Crippen LogP contribution in [0, 0.1) is 11.2 Å². The Morgan fingerprint density at radius 1 is 1.16 bits per heavy atom. The second kappa shape index (κ2) is 7.82. The van der Waals surface area contributed by atoms with Crippen LogP contribution >= 0.6 is 0 Å². The zero-order valence-corrected chi connectivity index (χ0v) is 18.9. The molecule has 6 nitrogen and oxygen atoms in total. The number of carbonyl (C=O) groups excluding carboxylic acids is 1. The maximum absolute atomic E-state index is 14.5. The third-order valence-corrected chi connectivity index (χ3v) is 6.64. The van der Waals surface area contributed by atoms with E-state index in [1.165, 1.54) is 0 Å². The van der Waals surface area contributed by atoms with Crippen molar-refractivity contribution < 1.29 is 17.6 Å². The van der Waals surface area contributed by atoms with Crippen LogP contribution in [0.2, 0.25) is 0 Å². The predicted octanol–water partition coefficient (Wildman–Crippen LogP) is 3.85. The highest BCUT2D eigenvalue weighted by molar-refractivity contribution is 7.89. The summed E-state index contributed by atoms with van der Waals surface area (Å²) in [5, 5.41) is 3.53. The minimum Gasteiger partial charge on any atom is -0.377 e. The number of fused-ring (bicyclic) bond motifs is 1. The lowest BCUT2D eigenvalue weighted by atomic mass is 9.72. The maximum Gasteiger partial charge on any atom is 0.264 e. The Bertz CT molecular complexity index is 1120. The van der Waals surface area contributed by atoms with E-state index in [9.17, 15) is 17.6 Å². The van der Waals surface area contributed by atoms with Gasteiger partial charge in [-0.15, -0.1) is 0 Å². The molecule has 1 unspecified atom stereocenters. The molecule has 2 aliphatic heterocycles. The number of nitrogens with one attached hydrogen (secondary N) is 2. The number of hydrogen-bond acceptors (Lipinski definition) is 5. The molecule has 1 saturated heterocycles. The number of nitrogens with zero attached hydrogens (tertiary/aromatic N) is 1. The molecular weight excluding hydrogens is 417 g/mol. The predicted molar refractivity (Wildman–Crippen MR) is 120 cm³/mol. The van der Waals surface area contributed by atoms with Gasteiger partial charge in [-0.1, -0.05) is 13.8 Å². The van der Waals surface area contributed by atoms with Gasteiger partial charge < -0.3 is 10.2 Å². The molecule has 8 heteroatoms. The molecule has 2 aromatic carbocycles. The van der Waals surface area contributed by atoms with Crippen molar-refractivity contribution >= 4 is 27.3 Å². The molecule has 166 valence electrons. The number of rotatable bonds is 4. The highest BCUT2D eigenvalue weighted by atomic mass is 32.2. The maximum atomic E-state index is 14.5. The van der Waals surface area contributed by atoms with Crippen LogP contribution in [0.4, 0.5) is 15.8 Å². The van der Waals surface area contributed by atoms with Crippen molar-refractivity contribution in [3.8, 4) is 0 Å². The van der Waals surface area contributed by atoms with Crippen molar-refractivity contribution in [2.24, 2.45) is 5.41 Å². The Morgan fingerprint density at radius 2 is 1.87 bits per heavy atom. The van der Waals surface area contributed by atoms with Crippen molar-refractivity contribution in [2.45, 2.75) is 39.2 Å². The molecule has 4 rings (SSSR count). The van der Waals surface area contributed by atoms with Gasteiger partial charge in [0.05, 0.1) is 12.3 Å². The van der Waals surface area contributed by atoms with E-state index in [0.29, 0.717) is 12.0 Å². The lowest BCUT2D eigenvalue weighted by molar-refractivity contribution is 0.0981. The molecular formula is C23H28FN3O3S. The van der Waals surface area contributed by atoms with E-state index in [1.807, 2.05) is 4.72 Å².